The average Bonchev–Trinajstić information content (AvgIpc) is 2.39. The summed E-state index contributed by atoms with van der Waals surface area (Å²) in [6.45, 7) is 7.96. The maximum Gasteiger partial charge on any atom is 0.0107 e. The molecule has 0 radical (unpaired) electrons. The summed E-state index contributed by atoms with van der Waals surface area (Å²) in [5.74, 6) is 1.62. The first kappa shape index (κ1) is 13.6. The summed E-state index contributed by atoms with van der Waals surface area (Å²) in [5, 5.41) is 3.69. The fourth-order valence-corrected chi connectivity index (χ4v) is 3.23. The van der Waals surface area contributed by atoms with Crippen LogP contribution < -0.4 is 5.32 Å². The van der Waals surface area contributed by atoms with Crippen LogP contribution in [0.25, 0.3) is 0 Å². The van der Waals surface area contributed by atoms with Gasteiger partial charge in [0.1, 0.15) is 0 Å². The lowest BCUT2D eigenvalue weighted by atomic mass is 9.65. The summed E-state index contributed by atoms with van der Waals surface area (Å²) in [5.41, 5.74) is 3.00. The Kier molecular flexibility index (Phi) is 4.82. The second-order valence-corrected chi connectivity index (χ2v) is 5.57. The Labute approximate surface area is 112 Å². The number of hydrogen-bond donors (Lipinski definition) is 1. The van der Waals surface area contributed by atoms with E-state index in [1.54, 1.807) is 5.56 Å². The fraction of sp³-hybridized carbons (Fsp3) is 0.647. The zero-order valence-electron chi connectivity index (χ0n) is 12.1. The number of rotatable bonds is 6. The van der Waals surface area contributed by atoms with E-state index in [9.17, 15) is 0 Å². The standard InChI is InChI=1S/C17H27N/c1-4-11-18-17-12-16(15(17)6-3)14-9-7-13(5-2)8-10-14/h7-10,15-18H,4-6,11-12H2,1-3H3. The van der Waals surface area contributed by atoms with Crippen molar-refractivity contribution in [3.05, 3.63) is 35.4 Å². The highest BCUT2D eigenvalue weighted by Crippen LogP contribution is 2.44. The SMILES string of the molecule is CCCNC1CC(c2ccc(CC)cc2)C1CC. The molecule has 1 aromatic rings. The predicted molar refractivity (Wildman–Crippen MR) is 79.0 cm³/mol. The first-order valence-electron chi connectivity index (χ1n) is 7.62. The molecule has 18 heavy (non-hydrogen) atoms. The van der Waals surface area contributed by atoms with Gasteiger partial charge in [0, 0.05) is 6.04 Å². The molecule has 1 fully saturated rings. The van der Waals surface area contributed by atoms with Gasteiger partial charge in [0.15, 0.2) is 0 Å². The molecule has 100 valence electrons. The molecule has 1 N–H and O–H groups in total. The first-order chi connectivity index (χ1) is 8.80. The van der Waals surface area contributed by atoms with Crippen LogP contribution in [0.2, 0.25) is 0 Å². The number of hydrogen-bond acceptors (Lipinski definition) is 1. The van der Waals surface area contributed by atoms with Gasteiger partial charge in [0.2, 0.25) is 0 Å². The normalized spacial score (nSPS) is 26.9. The van der Waals surface area contributed by atoms with Crippen molar-refractivity contribution in [1.29, 1.82) is 0 Å². The van der Waals surface area contributed by atoms with Crippen LogP contribution in [0.5, 0.6) is 0 Å². The Morgan fingerprint density at radius 1 is 1.11 bits per heavy atom. The summed E-state index contributed by atoms with van der Waals surface area (Å²) in [4.78, 5) is 0. The minimum absolute atomic E-state index is 0.755. The van der Waals surface area contributed by atoms with Gasteiger partial charge in [0.05, 0.1) is 0 Å². The van der Waals surface area contributed by atoms with Crippen molar-refractivity contribution in [2.24, 2.45) is 5.92 Å². The lowest BCUT2D eigenvalue weighted by Gasteiger charge is -2.45. The lowest BCUT2D eigenvalue weighted by molar-refractivity contribution is 0.161. The highest BCUT2D eigenvalue weighted by molar-refractivity contribution is 5.28. The summed E-state index contributed by atoms with van der Waals surface area (Å²) in [7, 11) is 0. The van der Waals surface area contributed by atoms with E-state index in [-0.39, 0.29) is 0 Å². The van der Waals surface area contributed by atoms with Crippen LogP contribution in [0, 0.1) is 5.92 Å². The molecule has 0 aromatic heterocycles. The van der Waals surface area contributed by atoms with Crippen LogP contribution in [0.4, 0.5) is 0 Å². The molecular formula is C17H27N. The molecule has 3 atom stereocenters. The first-order valence-corrected chi connectivity index (χ1v) is 7.62. The predicted octanol–water partition coefficient (Wildman–Crippen LogP) is 4.13. The highest BCUT2D eigenvalue weighted by atomic mass is 14.9. The third-order valence-corrected chi connectivity index (χ3v) is 4.49. The van der Waals surface area contributed by atoms with Gasteiger partial charge >= 0.3 is 0 Å². The van der Waals surface area contributed by atoms with E-state index in [1.807, 2.05) is 0 Å². The molecular weight excluding hydrogens is 218 g/mol. The molecule has 3 unspecified atom stereocenters. The molecule has 2 rings (SSSR count). The molecule has 0 saturated heterocycles. The maximum absolute atomic E-state index is 3.69. The van der Waals surface area contributed by atoms with E-state index in [0.29, 0.717) is 0 Å². The largest absolute Gasteiger partial charge is 0.314 e. The smallest absolute Gasteiger partial charge is 0.0107 e. The van der Waals surface area contributed by atoms with Crippen molar-refractivity contribution < 1.29 is 0 Å². The monoisotopic (exact) mass is 245 g/mol. The van der Waals surface area contributed by atoms with Crippen LogP contribution in [-0.2, 0) is 6.42 Å². The molecule has 0 bridgehead atoms. The molecule has 1 aliphatic carbocycles. The van der Waals surface area contributed by atoms with Crippen LogP contribution in [0.3, 0.4) is 0 Å². The van der Waals surface area contributed by atoms with Crippen molar-refractivity contribution in [1.82, 2.24) is 5.32 Å². The van der Waals surface area contributed by atoms with Gasteiger partial charge in [-0.2, -0.15) is 0 Å². The van der Waals surface area contributed by atoms with E-state index >= 15 is 0 Å². The van der Waals surface area contributed by atoms with Gasteiger partial charge in [-0.15, -0.1) is 0 Å². The van der Waals surface area contributed by atoms with Crippen LogP contribution in [-0.4, -0.2) is 12.6 Å². The molecule has 0 aliphatic heterocycles. The zero-order valence-corrected chi connectivity index (χ0v) is 12.1. The molecule has 1 nitrogen and oxygen atoms in total. The van der Waals surface area contributed by atoms with Gasteiger partial charge in [-0.05, 0) is 48.8 Å². The minimum Gasteiger partial charge on any atom is -0.314 e. The number of nitrogens with one attached hydrogen (secondary N) is 1. The number of aryl methyl sites for hydroxylation is 1. The van der Waals surface area contributed by atoms with Crippen molar-refractivity contribution in [2.75, 3.05) is 6.54 Å². The van der Waals surface area contributed by atoms with Gasteiger partial charge < -0.3 is 5.32 Å². The Hall–Kier alpha value is -0.820. The van der Waals surface area contributed by atoms with Crippen LogP contribution in [0.1, 0.15) is 57.1 Å². The van der Waals surface area contributed by atoms with E-state index in [1.165, 1.54) is 31.4 Å². The molecule has 1 aliphatic rings. The van der Waals surface area contributed by atoms with E-state index in [2.05, 4.69) is 50.4 Å². The molecule has 0 spiro atoms. The summed E-state index contributed by atoms with van der Waals surface area (Å²) in [6, 6.07) is 10.1. The van der Waals surface area contributed by atoms with Gasteiger partial charge in [0.25, 0.3) is 0 Å². The number of benzene rings is 1. The Bertz CT molecular complexity index is 354. The summed E-state index contributed by atoms with van der Waals surface area (Å²) < 4.78 is 0. The molecule has 1 aromatic carbocycles. The van der Waals surface area contributed by atoms with Gasteiger partial charge in [-0.3, -0.25) is 0 Å². The summed E-state index contributed by atoms with van der Waals surface area (Å²) >= 11 is 0. The Morgan fingerprint density at radius 3 is 2.39 bits per heavy atom. The third-order valence-electron chi connectivity index (χ3n) is 4.49. The quantitative estimate of drug-likeness (QED) is 0.794. The fourth-order valence-electron chi connectivity index (χ4n) is 3.23. The van der Waals surface area contributed by atoms with Gasteiger partial charge in [-0.25, -0.2) is 0 Å². The molecule has 0 amide bonds. The lowest BCUT2D eigenvalue weighted by Crippen LogP contribution is -2.49. The second-order valence-electron chi connectivity index (χ2n) is 5.57. The molecule has 1 heteroatoms. The summed E-state index contributed by atoms with van der Waals surface area (Å²) in [6.07, 6.45) is 5.00. The zero-order chi connectivity index (χ0) is 13.0. The van der Waals surface area contributed by atoms with Crippen molar-refractivity contribution in [3.8, 4) is 0 Å². The van der Waals surface area contributed by atoms with Crippen molar-refractivity contribution in [3.63, 3.8) is 0 Å². The molecule has 0 heterocycles. The molecule has 1 saturated carbocycles. The Balaban J connectivity index is 1.97. The van der Waals surface area contributed by atoms with Gasteiger partial charge in [-0.1, -0.05) is 51.5 Å². The second kappa shape index (κ2) is 6.38. The Morgan fingerprint density at radius 2 is 1.83 bits per heavy atom. The maximum atomic E-state index is 3.69. The third kappa shape index (κ3) is 2.77. The average molecular weight is 245 g/mol. The minimum atomic E-state index is 0.755. The van der Waals surface area contributed by atoms with E-state index in [0.717, 1.165) is 24.3 Å². The van der Waals surface area contributed by atoms with Crippen molar-refractivity contribution in [2.45, 2.75) is 58.4 Å². The van der Waals surface area contributed by atoms with E-state index in [4.69, 9.17) is 0 Å². The van der Waals surface area contributed by atoms with Crippen LogP contribution in [0.15, 0.2) is 24.3 Å². The topological polar surface area (TPSA) is 12.0 Å². The van der Waals surface area contributed by atoms with Crippen LogP contribution >= 0.6 is 0 Å². The van der Waals surface area contributed by atoms with Crippen molar-refractivity contribution >= 4 is 0 Å². The highest BCUT2D eigenvalue weighted by Gasteiger charge is 2.39. The van der Waals surface area contributed by atoms with E-state index < -0.39 is 0 Å².